The van der Waals surface area contributed by atoms with E-state index < -0.39 is 0 Å². The zero-order valence-corrected chi connectivity index (χ0v) is 17.8. The molecular weight excluding hydrogens is 366 g/mol. The number of fused-ring (bicyclic) bond motifs is 1. The van der Waals surface area contributed by atoms with Crippen molar-refractivity contribution in [1.29, 1.82) is 0 Å². The van der Waals surface area contributed by atoms with Crippen molar-refractivity contribution in [2.45, 2.75) is 70.2 Å². The number of rotatable bonds is 3. The van der Waals surface area contributed by atoms with Crippen molar-refractivity contribution in [3.05, 3.63) is 29.8 Å². The molecule has 1 aromatic carbocycles. The lowest BCUT2D eigenvalue weighted by Gasteiger charge is -2.42. The molecule has 1 aliphatic carbocycles. The topological polar surface area (TPSA) is 61.9 Å². The zero-order valence-electron chi connectivity index (χ0n) is 17.8. The summed E-state index contributed by atoms with van der Waals surface area (Å²) in [7, 11) is 1.91. The highest BCUT2D eigenvalue weighted by Gasteiger charge is 2.42. The molecule has 0 unspecified atom stereocenters. The van der Waals surface area contributed by atoms with E-state index in [-0.39, 0.29) is 35.4 Å². The van der Waals surface area contributed by atoms with Crippen LogP contribution in [-0.4, -0.2) is 59.4 Å². The van der Waals surface area contributed by atoms with Crippen LogP contribution in [0.5, 0.6) is 5.75 Å². The first kappa shape index (κ1) is 20.2. The van der Waals surface area contributed by atoms with Gasteiger partial charge in [-0.3, -0.25) is 9.59 Å². The first-order valence-corrected chi connectivity index (χ1v) is 10.9. The van der Waals surface area contributed by atoms with E-state index in [1.54, 1.807) is 0 Å². The van der Waals surface area contributed by atoms with E-state index in [1.807, 2.05) is 42.8 Å². The molecule has 29 heavy (non-hydrogen) atoms. The molecule has 1 spiro atoms. The zero-order chi connectivity index (χ0) is 20.6. The maximum Gasteiger partial charge on any atom is 0.227 e. The van der Waals surface area contributed by atoms with Crippen LogP contribution in [0.2, 0.25) is 0 Å². The van der Waals surface area contributed by atoms with Gasteiger partial charge in [-0.15, -0.1) is 0 Å². The van der Waals surface area contributed by atoms with Gasteiger partial charge in [0, 0.05) is 50.7 Å². The van der Waals surface area contributed by atoms with Crippen LogP contribution >= 0.6 is 0 Å². The first-order valence-electron chi connectivity index (χ1n) is 10.9. The highest BCUT2D eigenvalue weighted by molar-refractivity contribution is 5.89. The summed E-state index contributed by atoms with van der Waals surface area (Å²) in [5.41, 5.74) is 1.02. The van der Waals surface area contributed by atoms with E-state index in [0.29, 0.717) is 13.0 Å². The molecule has 2 fully saturated rings. The molecule has 1 atom stereocenters. The Balaban J connectivity index is 1.37. The number of benzene rings is 1. The summed E-state index contributed by atoms with van der Waals surface area (Å²) < 4.78 is 6.51. The van der Waals surface area contributed by atoms with Gasteiger partial charge in [-0.25, -0.2) is 0 Å². The van der Waals surface area contributed by atoms with Gasteiger partial charge in [-0.2, -0.15) is 0 Å². The fourth-order valence-corrected chi connectivity index (χ4v) is 5.10. The monoisotopic (exact) mass is 399 g/mol. The summed E-state index contributed by atoms with van der Waals surface area (Å²) >= 11 is 0. The molecule has 158 valence electrons. The summed E-state index contributed by atoms with van der Waals surface area (Å²) in [5.74, 6) is 1.01. The fourth-order valence-electron chi connectivity index (χ4n) is 5.10. The molecule has 1 aromatic rings. The minimum Gasteiger partial charge on any atom is -0.486 e. The van der Waals surface area contributed by atoms with E-state index in [0.717, 1.165) is 44.5 Å². The number of hydrogen-bond donors (Lipinski definition) is 1. The van der Waals surface area contributed by atoms with Crippen LogP contribution in [0.3, 0.4) is 0 Å². The normalized spacial score (nSPS) is 29.5. The smallest absolute Gasteiger partial charge is 0.227 e. The Morgan fingerprint density at radius 1 is 1.28 bits per heavy atom. The summed E-state index contributed by atoms with van der Waals surface area (Å²) in [6.45, 7) is 6.25. The van der Waals surface area contributed by atoms with Crippen molar-refractivity contribution in [3.63, 3.8) is 0 Å². The third-order valence-electron chi connectivity index (χ3n) is 6.95. The minimum absolute atomic E-state index is 0.103. The van der Waals surface area contributed by atoms with Gasteiger partial charge in [0.05, 0.1) is 5.92 Å². The van der Waals surface area contributed by atoms with Crippen LogP contribution in [0.1, 0.15) is 51.5 Å². The van der Waals surface area contributed by atoms with Gasteiger partial charge < -0.3 is 19.9 Å². The van der Waals surface area contributed by atoms with Gasteiger partial charge in [-0.1, -0.05) is 18.2 Å². The largest absolute Gasteiger partial charge is 0.486 e. The van der Waals surface area contributed by atoms with Crippen molar-refractivity contribution in [1.82, 2.24) is 15.1 Å². The highest BCUT2D eigenvalue weighted by atomic mass is 16.5. The fraction of sp³-hybridized carbons (Fsp3) is 0.652. The van der Waals surface area contributed by atoms with E-state index >= 15 is 0 Å². The molecule has 4 rings (SSSR count). The maximum atomic E-state index is 13.0. The van der Waals surface area contributed by atoms with Gasteiger partial charge in [0.2, 0.25) is 11.8 Å². The van der Waals surface area contributed by atoms with Gasteiger partial charge >= 0.3 is 0 Å². The predicted molar refractivity (Wildman–Crippen MR) is 111 cm³/mol. The van der Waals surface area contributed by atoms with Crippen molar-refractivity contribution >= 4 is 11.8 Å². The lowest BCUT2D eigenvalue weighted by molar-refractivity contribution is -0.138. The molecule has 2 amide bonds. The highest BCUT2D eigenvalue weighted by Crippen LogP contribution is 2.37. The van der Waals surface area contributed by atoms with Crippen LogP contribution in [0.25, 0.3) is 0 Å². The lowest BCUT2D eigenvalue weighted by Crippen LogP contribution is -2.51. The van der Waals surface area contributed by atoms with Crippen molar-refractivity contribution < 1.29 is 14.3 Å². The summed E-state index contributed by atoms with van der Waals surface area (Å²) in [5, 5.41) is 3.55. The van der Waals surface area contributed by atoms with Crippen molar-refractivity contribution in [3.8, 4) is 5.75 Å². The third-order valence-corrected chi connectivity index (χ3v) is 6.95. The number of hydrogen-bond acceptors (Lipinski definition) is 4. The van der Waals surface area contributed by atoms with Crippen LogP contribution in [0.4, 0.5) is 0 Å². The molecule has 6 heteroatoms. The van der Waals surface area contributed by atoms with E-state index in [4.69, 9.17) is 4.74 Å². The molecule has 0 bridgehead atoms. The SMILES string of the molecule is CC(C)N1C[C@H](C(=O)N(C)C2CCC3(CC2)CNCc2ccccc2O3)CC1=O. The number of carbonyl (C=O) groups excluding carboxylic acids is 2. The van der Waals surface area contributed by atoms with Crippen molar-refractivity contribution in [2.75, 3.05) is 20.1 Å². The number of amides is 2. The summed E-state index contributed by atoms with van der Waals surface area (Å²) in [6, 6.07) is 8.63. The third kappa shape index (κ3) is 4.00. The van der Waals surface area contributed by atoms with Crippen LogP contribution in [-0.2, 0) is 16.1 Å². The van der Waals surface area contributed by atoms with Crippen molar-refractivity contribution in [2.24, 2.45) is 5.92 Å². The summed E-state index contributed by atoms with van der Waals surface area (Å²) in [4.78, 5) is 29.0. The molecule has 1 saturated carbocycles. The number of para-hydroxylation sites is 1. The Bertz CT molecular complexity index is 770. The Labute approximate surface area is 173 Å². The second-order valence-corrected chi connectivity index (χ2v) is 9.22. The van der Waals surface area contributed by atoms with Crippen LogP contribution in [0, 0.1) is 5.92 Å². The van der Waals surface area contributed by atoms with Gasteiger partial charge in [0.25, 0.3) is 0 Å². The molecule has 0 radical (unpaired) electrons. The lowest BCUT2D eigenvalue weighted by atomic mass is 9.81. The Morgan fingerprint density at radius 2 is 2.00 bits per heavy atom. The Kier molecular flexibility index (Phi) is 5.56. The molecule has 1 N–H and O–H groups in total. The van der Waals surface area contributed by atoms with Gasteiger partial charge in [0.1, 0.15) is 11.4 Å². The predicted octanol–water partition coefficient (Wildman–Crippen LogP) is 2.57. The molecular formula is C23H33N3O3. The van der Waals surface area contributed by atoms with Crippen LogP contribution < -0.4 is 10.1 Å². The number of likely N-dealkylation sites (tertiary alicyclic amines) is 1. The molecule has 1 saturated heterocycles. The maximum absolute atomic E-state index is 13.0. The average molecular weight is 400 g/mol. The quantitative estimate of drug-likeness (QED) is 0.849. The second-order valence-electron chi connectivity index (χ2n) is 9.22. The number of ether oxygens (including phenoxy) is 1. The number of carbonyl (C=O) groups is 2. The Morgan fingerprint density at radius 3 is 2.69 bits per heavy atom. The van der Waals surface area contributed by atoms with Gasteiger partial charge in [-0.05, 0) is 45.6 Å². The summed E-state index contributed by atoms with van der Waals surface area (Å²) in [6.07, 6.45) is 4.07. The standard InChI is InChI=1S/C23H33N3O3/c1-16(2)26-14-18(12-21(26)27)22(28)25(3)19-8-10-23(11-9-19)15-24-13-17-6-4-5-7-20(17)29-23/h4-7,16,18-19,24H,8-15H2,1-3H3/t18-,19?,23?/m1/s1. The molecule has 6 nitrogen and oxygen atoms in total. The minimum atomic E-state index is -0.200. The van der Waals surface area contributed by atoms with E-state index in [2.05, 4.69) is 17.4 Å². The van der Waals surface area contributed by atoms with Gasteiger partial charge in [0.15, 0.2) is 0 Å². The number of nitrogens with one attached hydrogen (secondary N) is 1. The molecule has 2 aliphatic heterocycles. The van der Waals surface area contributed by atoms with Crippen LogP contribution in [0.15, 0.2) is 24.3 Å². The molecule has 3 aliphatic rings. The second kappa shape index (κ2) is 7.98. The number of nitrogens with zero attached hydrogens (tertiary/aromatic N) is 2. The molecule has 2 heterocycles. The van der Waals surface area contributed by atoms with E-state index in [9.17, 15) is 9.59 Å². The Hall–Kier alpha value is -2.08. The van der Waals surface area contributed by atoms with E-state index in [1.165, 1.54) is 5.56 Å². The molecule has 0 aromatic heterocycles. The first-order chi connectivity index (χ1) is 13.9. The average Bonchev–Trinajstić information content (AvgIpc) is 3.01.